The number of imidazole rings is 1. The summed E-state index contributed by atoms with van der Waals surface area (Å²) in [6, 6.07) is 8.64. The number of rotatable bonds is 3. The lowest BCUT2D eigenvalue weighted by molar-refractivity contribution is -0.137. The number of aromatic nitrogens is 2. The van der Waals surface area contributed by atoms with Crippen LogP contribution in [0, 0.1) is 0 Å². The van der Waals surface area contributed by atoms with Crippen LogP contribution in [0.15, 0.2) is 36.4 Å². The number of halogens is 3. The predicted molar refractivity (Wildman–Crippen MR) is 85.9 cm³/mol. The van der Waals surface area contributed by atoms with E-state index in [0.29, 0.717) is 37.2 Å². The summed E-state index contributed by atoms with van der Waals surface area (Å²) >= 11 is 0. The number of aromatic amines is 1. The highest BCUT2D eigenvalue weighted by Gasteiger charge is 2.29. The van der Waals surface area contributed by atoms with Crippen molar-refractivity contribution in [1.29, 1.82) is 0 Å². The second-order valence-electron chi connectivity index (χ2n) is 5.65. The third-order valence-corrected chi connectivity index (χ3v) is 3.89. The van der Waals surface area contributed by atoms with E-state index in [1.165, 1.54) is 12.1 Å². The highest BCUT2D eigenvalue weighted by atomic mass is 19.4. The molecule has 0 aliphatic carbocycles. The topological polar surface area (TPSA) is 59.2 Å². The van der Waals surface area contributed by atoms with Crippen LogP contribution in [-0.4, -0.2) is 23.2 Å². The number of nitrogens with one attached hydrogen (secondary N) is 2. The zero-order valence-corrected chi connectivity index (χ0v) is 13.0. The van der Waals surface area contributed by atoms with Gasteiger partial charge in [-0.25, -0.2) is 4.98 Å². The molecule has 130 valence electrons. The first-order valence-corrected chi connectivity index (χ1v) is 7.68. The number of anilines is 1. The van der Waals surface area contributed by atoms with E-state index in [2.05, 4.69) is 15.3 Å². The van der Waals surface area contributed by atoms with Crippen molar-refractivity contribution in [2.45, 2.75) is 12.7 Å². The minimum atomic E-state index is -4.33. The fourth-order valence-electron chi connectivity index (χ4n) is 2.63. The summed E-state index contributed by atoms with van der Waals surface area (Å²) in [5.41, 5.74) is 1.57. The zero-order valence-electron chi connectivity index (χ0n) is 13.0. The maximum Gasteiger partial charge on any atom is 0.416 e. The SMILES string of the molecule is FC(F)(F)c1ccc(CNc2nc3cc4c(cc3[nH]2)OCCO4)cc1. The fraction of sp³-hybridized carbons (Fsp3) is 0.235. The van der Waals surface area contributed by atoms with Crippen LogP contribution in [0.3, 0.4) is 0 Å². The zero-order chi connectivity index (χ0) is 17.4. The molecule has 0 bridgehead atoms. The molecule has 0 radical (unpaired) electrons. The van der Waals surface area contributed by atoms with Crippen LogP contribution in [0.4, 0.5) is 19.1 Å². The van der Waals surface area contributed by atoms with Crippen LogP contribution in [0.25, 0.3) is 11.0 Å². The van der Waals surface area contributed by atoms with Gasteiger partial charge in [0.2, 0.25) is 5.95 Å². The fourth-order valence-corrected chi connectivity index (χ4v) is 2.63. The van der Waals surface area contributed by atoms with Crippen LogP contribution in [-0.2, 0) is 12.7 Å². The van der Waals surface area contributed by atoms with Crippen LogP contribution in [0.1, 0.15) is 11.1 Å². The molecule has 0 spiro atoms. The van der Waals surface area contributed by atoms with Crippen molar-refractivity contribution < 1.29 is 22.6 Å². The first-order valence-electron chi connectivity index (χ1n) is 7.68. The third-order valence-electron chi connectivity index (χ3n) is 3.89. The Bertz CT molecular complexity index is 861. The standard InChI is InChI=1S/C17H14F3N3O2/c18-17(19,20)11-3-1-10(2-4-11)9-21-16-22-12-7-14-15(8-13(12)23-16)25-6-5-24-14/h1-4,7-8H,5-6,9H2,(H2,21,22,23). The monoisotopic (exact) mass is 349 g/mol. The van der Waals surface area contributed by atoms with E-state index >= 15 is 0 Å². The number of ether oxygens (including phenoxy) is 2. The van der Waals surface area contributed by atoms with Crippen molar-refractivity contribution in [1.82, 2.24) is 9.97 Å². The number of fused-ring (bicyclic) bond motifs is 2. The molecular weight excluding hydrogens is 335 g/mol. The molecule has 5 nitrogen and oxygen atoms in total. The largest absolute Gasteiger partial charge is 0.486 e. The average Bonchev–Trinajstić information content (AvgIpc) is 2.99. The normalized spacial score (nSPS) is 13.9. The second-order valence-corrected chi connectivity index (χ2v) is 5.65. The van der Waals surface area contributed by atoms with Gasteiger partial charge in [0.05, 0.1) is 16.6 Å². The second kappa shape index (κ2) is 5.87. The Kier molecular flexibility index (Phi) is 3.67. The van der Waals surface area contributed by atoms with Gasteiger partial charge < -0.3 is 19.8 Å². The number of alkyl halides is 3. The van der Waals surface area contributed by atoms with E-state index in [1.807, 2.05) is 6.07 Å². The quantitative estimate of drug-likeness (QED) is 0.751. The van der Waals surface area contributed by atoms with Crippen molar-refractivity contribution in [3.63, 3.8) is 0 Å². The van der Waals surface area contributed by atoms with Gasteiger partial charge in [-0.1, -0.05) is 12.1 Å². The third kappa shape index (κ3) is 3.19. The molecule has 1 aliphatic heterocycles. The van der Waals surface area contributed by atoms with Crippen LogP contribution < -0.4 is 14.8 Å². The summed E-state index contributed by atoms with van der Waals surface area (Å²) in [6.07, 6.45) is -4.33. The molecule has 2 aromatic carbocycles. The van der Waals surface area contributed by atoms with Crippen LogP contribution in [0.2, 0.25) is 0 Å². The van der Waals surface area contributed by atoms with Gasteiger partial charge in [0.15, 0.2) is 11.5 Å². The molecule has 0 saturated carbocycles. The number of hydrogen-bond acceptors (Lipinski definition) is 4. The van der Waals surface area contributed by atoms with E-state index in [0.717, 1.165) is 28.7 Å². The molecule has 25 heavy (non-hydrogen) atoms. The van der Waals surface area contributed by atoms with Crippen molar-refractivity contribution >= 4 is 17.0 Å². The van der Waals surface area contributed by atoms with Gasteiger partial charge >= 0.3 is 6.18 Å². The summed E-state index contributed by atoms with van der Waals surface area (Å²) in [5, 5.41) is 3.07. The lowest BCUT2D eigenvalue weighted by atomic mass is 10.1. The molecular formula is C17H14F3N3O2. The smallest absolute Gasteiger partial charge is 0.416 e. The number of nitrogens with zero attached hydrogens (tertiary/aromatic N) is 1. The molecule has 0 saturated heterocycles. The molecule has 3 aromatic rings. The first-order chi connectivity index (χ1) is 12.0. The maximum absolute atomic E-state index is 12.6. The number of benzene rings is 2. The number of H-pyrrole nitrogens is 1. The highest BCUT2D eigenvalue weighted by Crippen LogP contribution is 2.34. The molecule has 0 amide bonds. The minimum Gasteiger partial charge on any atom is -0.486 e. The number of hydrogen-bond donors (Lipinski definition) is 2. The Morgan fingerprint density at radius 1 is 1.04 bits per heavy atom. The van der Waals surface area contributed by atoms with Gasteiger partial charge in [-0.2, -0.15) is 13.2 Å². The van der Waals surface area contributed by atoms with E-state index in [9.17, 15) is 13.2 Å². The van der Waals surface area contributed by atoms with E-state index in [1.54, 1.807) is 6.07 Å². The molecule has 4 rings (SSSR count). The summed E-state index contributed by atoms with van der Waals surface area (Å²) in [7, 11) is 0. The van der Waals surface area contributed by atoms with Crippen LogP contribution >= 0.6 is 0 Å². The van der Waals surface area contributed by atoms with Crippen molar-refractivity contribution in [2.75, 3.05) is 18.5 Å². The summed E-state index contributed by atoms with van der Waals surface area (Å²) < 4.78 is 48.7. The highest BCUT2D eigenvalue weighted by molar-refractivity contribution is 5.81. The molecule has 2 heterocycles. The van der Waals surface area contributed by atoms with E-state index in [-0.39, 0.29) is 0 Å². The van der Waals surface area contributed by atoms with Crippen molar-refractivity contribution in [3.8, 4) is 11.5 Å². The first kappa shape index (κ1) is 15.6. The average molecular weight is 349 g/mol. The van der Waals surface area contributed by atoms with Gasteiger partial charge in [-0.05, 0) is 17.7 Å². The Balaban J connectivity index is 1.49. The Labute approximate surface area is 140 Å². The minimum absolute atomic E-state index is 0.352. The van der Waals surface area contributed by atoms with E-state index in [4.69, 9.17) is 9.47 Å². The molecule has 0 fully saturated rings. The summed E-state index contributed by atoms with van der Waals surface area (Å²) in [5.74, 6) is 1.84. The lowest BCUT2D eigenvalue weighted by Crippen LogP contribution is -2.15. The Morgan fingerprint density at radius 3 is 2.40 bits per heavy atom. The molecule has 2 N–H and O–H groups in total. The van der Waals surface area contributed by atoms with Gasteiger partial charge in [0, 0.05) is 18.7 Å². The molecule has 1 aliphatic rings. The Hall–Kier alpha value is -2.90. The maximum atomic E-state index is 12.6. The van der Waals surface area contributed by atoms with Gasteiger partial charge in [-0.3, -0.25) is 0 Å². The van der Waals surface area contributed by atoms with Gasteiger partial charge in [-0.15, -0.1) is 0 Å². The molecule has 0 atom stereocenters. The molecule has 1 aromatic heterocycles. The van der Waals surface area contributed by atoms with Gasteiger partial charge in [0.25, 0.3) is 0 Å². The predicted octanol–water partition coefficient (Wildman–Crippen LogP) is 3.97. The summed E-state index contributed by atoms with van der Waals surface area (Å²) in [4.78, 5) is 7.52. The summed E-state index contributed by atoms with van der Waals surface area (Å²) in [6.45, 7) is 1.36. The van der Waals surface area contributed by atoms with Gasteiger partial charge in [0.1, 0.15) is 13.2 Å². The molecule has 0 unspecified atom stereocenters. The van der Waals surface area contributed by atoms with E-state index < -0.39 is 11.7 Å². The van der Waals surface area contributed by atoms with Crippen LogP contribution in [0.5, 0.6) is 11.5 Å². The van der Waals surface area contributed by atoms with Crippen molar-refractivity contribution in [2.24, 2.45) is 0 Å². The van der Waals surface area contributed by atoms with Crippen molar-refractivity contribution in [3.05, 3.63) is 47.5 Å². The molecule has 8 heteroatoms. The lowest BCUT2D eigenvalue weighted by Gasteiger charge is -2.17. The Morgan fingerprint density at radius 2 is 1.72 bits per heavy atom.